The Kier molecular flexibility index (Phi) is 5.62. The first-order valence-electron chi connectivity index (χ1n) is 5.43. The van der Waals surface area contributed by atoms with Crippen molar-refractivity contribution in [2.45, 2.75) is 31.8 Å². The lowest BCUT2D eigenvalue weighted by atomic mass is 10.3. The number of ketones is 1. The van der Waals surface area contributed by atoms with Crippen LogP contribution in [0.2, 0.25) is 0 Å². The molecule has 1 rings (SSSR count). The summed E-state index contributed by atoms with van der Waals surface area (Å²) in [6.45, 7) is 0.00137. The molecule has 0 amide bonds. The zero-order valence-corrected chi connectivity index (χ0v) is 10.7. The lowest BCUT2D eigenvalue weighted by Gasteiger charge is -2.14. The molecular formula is C10H19O5P. The molecule has 0 aromatic rings. The SMILES string of the molecule is COP(=O)(CC(=O)COC1CCCC1)OC. The van der Waals surface area contributed by atoms with Gasteiger partial charge in [0.15, 0.2) is 5.78 Å². The third-order valence-corrected chi connectivity index (χ3v) is 4.56. The van der Waals surface area contributed by atoms with Gasteiger partial charge in [0.2, 0.25) is 0 Å². The quantitative estimate of drug-likeness (QED) is 0.647. The number of hydrogen-bond acceptors (Lipinski definition) is 5. The molecular weight excluding hydrogens is 231 g/mol. The summed E-state index contributed by atoms with van der Waals surface area (Å²) in [5, 5.41) is 0. The third kappa shape index (κ3) is 4.34. The van der Waals surface area contributed by atoms with Gasteiger partial charge in [-0.1, -0.05) is 12.8 Å². The molecule has 0 atom stereocenters. The van der Waals surface area contributed by atoms with Crippen LogP contribution >= 0.6 is 7.60 Å². The van der Waals surface area contributed by atoms with Crippen molar-refractivity contribution in [3.63, 3.8) is 0 Å². The largest absolute Gasteiger partial charge is 0.370 e. The minimum Gasteiger partial charge on any atom is -0.370 e. The molecule has 16 heavy (non-hydrogen) atoms. The highest BCUT2D eigenvalue weighted by molar-refractivity contribution is 7.54. The average Bonchev–Trinajstić information content (AvgIpc) is 2.79. The molecule has 0 aliphatic heterocycles. The molecule has 0 saturated heterocycles. The zero-order chi connectivity index (χ0) is 12.0. The van der Waals surface area contributed by atoms with Crippen LogP contribution in [-0.4, -0.2) is 38.9 Å². The van der Waals surface area contributed by atoms with E-state index in [1.54, 1.807) is 0 Å². The van der Waals surface area contributed by atoms with E-state index in [1.807, 2.05) is 0 Å². The summed E-state index contributed by atoms with van der Waals surface area (Å²) in [4.78, 5) is 11.5. The topological polar surface area (TPSA) is 61.8 Å². The Labute approximate surface area is 96.0 Å². The van der Waals surface area contributed by atoms with Crippen LogP contribution in [0.15, 0.2) is 0 Å². The molecule has 0 aromatic heterocycles. The first kappa shape index (κ1) is 13.8. The first-order valence-corrected chi connectivity index (χ1v) is 7.16. The lowest BCUT2D eigenvalue weighted by molar-refractivity contribution is -0.123. The van der Waals surface area contributed by atoms with Gasteiger partial charge < -0.3 is 13.8 Å². The van der Waals surface area contributed by atoms with Gasteiger partial charge in [-0.2, -0.15) is 0 Å². The molecule has 0 N–H and O–H groups in total. The Hall–Kier alpha value is -0.220. The number of carbonyl (C=O) groups excluding carboxylic acids is 1. The molecule has 6 heteroatoms. The number of Topliss-reactive ketones (excluding diaryl/α,β-unsaturated/α-hetero) is 1. The predicted octanol–water partition coefficient (Wildman–Crippen LogP) is 2.00. The van der Waals surface area contributed by atoms with Crippen molar-refractivity contribution >= 4 is 13.4 Å². The molecule has 0 spiro atoms. The maximum atomic E-state index is 11.6. The Bertz CT molecular complexity index is 264. The van der Waals surface area contributed by atoms with Gasteiger partial charge in [0.1, 0.15) is 12.8 Å². The summed E-state index contributed by atoms with van der Waals surface area (Å²) in [5.41, 5.74) is 0. The number of carbonyl (C=O) groups is 1. The van der Waals surface area contributed by atoms with Gasteiger partial charge >= 0.3 is 7.60 Å². The van der Waals surface area contributed by atoms with E-state index < -0.39 is 7.60 Å². The number of hydrogen-bond donors (Lipinski definition) is 0. The Morgan fingerprint density at radius 3 is 2.31 bits per heavy atom. The molecule has 1 saturated carbocycles. The standard InChI is InChI=1S/C10H19O5P/c1-13-16(12,14-2)8-9(11)7-15-10-5-3-4-6-10/h10H,3-8H2,1-2H3. The van der Waals surface area contributed by atoms with Crippen molar-refractivity contribution in [3.8, 4) is 0 Å². The highest BCUT2D eigenvalue weighted by Crippen LogP contribution is 2.45. The van der Waals surface area contributed by atoms with Crippen LogP contribution in [0.3, 0.4) is 0 Å². The summed E-state index contributed by atoms with van der Waals surface area (Å²) < 4.78 is 26.4. The normalized spacial score (nSPS) is 17.9. The van der Waals surface area contributed by atoms with E-state index >= 15 is 0 Å². The molecule has 5 nitrogen and oxygen atoms in total. The number of ether oxygens (including phenoxy) is 1. The van der Waals surface area contributed by atoms with E-state index in [0.29, 0.717) is 0 Å². The molecule has 94 valence electrons. The van der Waals surface area contributed by atoms with Crippen LogP contribution in [0.25, 0.3) is 0 Å². The van der Waals surface area contributed by atoms with Crippen molar-refractivity contribution in [2.24, 2.45) is 0 Å². The fourth-order valence-corrected chi connectivity index (χ4v) is 2.66. The van der Waals surface area contributed by atoms with E-state index in [9.17, 15) is 9.36 Å². The van der Waals surface area contributed by atoms with Crippen LogP contribution in [0, 0.1) is 0 Å². The van der Waals surface area contributed by atoms with Gasteiger partial charge in [0.25, 0.3) is 0 Å². The number of rotatable bonds is 7. The van der Waals surface area contributed by atoms with Gasteiger partial charge in [0.05, 0.1) is 6.10 Å². The van der Waals surface area contributed by atoms with Crippen molar-refractivity contribution < 1.29 is 23.1 Å². The average molecular weight is 250 g/mol. The Balaban J connectivity index is 2.26. The Morgan fingerprint density at radius 1 is 1.25 bits per heavy atom. The van der Waals surface area contributed by atoms with E-state index in [-0.39, 0.29) is 24.7 Å². The molecule has 1 aliphatic carbocycles. The second-order valence-electron chi connectivity index (χ2n) is 3.89. The molecule has 0 heterocycles. The smallest absolute Gasteiger partial charge is 0.337 e. The fraction of sp³-hybridized carbons (Fsp3) is 0.900. The van der Waals surface area contributed by atoms with Gasteiger partial charge in [-0.15, -0.1) is 0 Å². The van der Waals surface area contributed by atoms with Gasteiger partial charge in [-0.25, -0.2) is 0 Å². The van der Waals surface area contributed by atoms with Crippen LogP contribution < -0.4 is 0 Å². The van der Waals surface area contributed by atoms with E-state index in [4.69, 9.17) is 4.74 Å². The van der Waals surface area contributed by atoms with E-state index in [1.165, 1.54) is 14.2 Å². The van der Waals surface area contributed by atoms with Crippen molar-refractivity contribution in [1.29, 1.82) is 0 Å². The highest BCUT2D eigenvalue weighted by atomic mass is 31.2. The second-order valence-corrected chi connectivity index (χ2v) is 6.16. The molecule has 1 aliphatic rings. The minimum absolute atomic E-state index is 0.00137. The summed E-state index contributed by atoms with van der Waals surface area (Å²) in [6.07, 6.45) is 4.32. The third-order valence-electron chi connectivity index (χ3n) is 2.71. The maximum Gasteiger partial charge on any atom is 0.337 e. The van der Waals surface area contributed by atoms with Crippen LogP contribution in [0.5, 0.6) is 0 Å². The minimum atomic E-state index is -3.23. The maximum absolute atomic E-state index is 11.6. The molecule has 0 unspecified atom stereocenters. The van der Waals surface area contributed by atoms with E-state index in [0.717, 1.165) is 25.7 Å². The van der Waals surface area contributed by atoms with Gasteiger partial charge in [-0.05, 0) is 12.8 Å². The second kappa shape index (κ2) is 6.50. The van der Waals surface area contributed by atoms with Crippen LogP contribution in [0.1, 0.15) is 25.7 Å². The zero-order valence-electron chi connectivity index (χ0n) is 9.81. The summed E-state index contributed by atoms with van der Waals surface area (Å²) in [6, 6.07) is 0. The summed E-state index contributed by atoms with van der Waals surface area (Å²) in [5.74, 6) is -0.237. The van der Waals surface area contributed by atoms with Crippen molar-refractivity contribution in [3.05, 3.63) is 0 Å². The highest BCUT2D eigenvalue weighted by Gasteiger charge is 2.26. The van der Waals surface area contributed by atoms with Crippen LogP contribution in [0.4, 0.5) is 0 Å². The van der Waals surface area contributed by atoms with E-state index in [2.05, 4.69) is 9.05 Å². The lowest BCUT2D eigenvalue weighted by Crippen LogP contribution is -2.19. The van der Waals surface area contributed by atoms with Gasteiger partial charge in [-0.3, -0.25) is 9.36 Å². The van der Waals surface area contributed by atoms with Gasteiger partial charge in [0, 0.05) is 14.2 Å². The molecule has 0 bridgehead atoms. The molecule has 0 aromatic carbocycles. The summed E-state index contributed by atoms with van der Waals surface area (Å²) >= 11 is 0. The molecule has 0 radical (unpaired) electrons. The summed E-state index contributed by atoms with van der Waals surface area (Å²) in [7, 11) is -0.682. The van der Waals surface area contributed by atoms with Crippen LogP contribution in [-0.2, 0) is 23.1 Å². The van der Waals surface area contributed by atoms with Crippen molar-refractivity contribution in [2.75, 3.05) is 27.0 Å². The molecule has 1 fully saturated rings. The Morgan fingerprint density at radius 2 is 1.81 bits per heavy atom. The predicted molar refractivity (Wildman–Crippen MR) is 59.7 cm³/mol. The first-order chi connectivity index (χ1) is 7.59. The van der Waals surface area contributed by atoms with Crippen molar-refractivity contribution in [1.82, 2.24) is 0 Å². The monoisotopic (exact) mass is 250 g/mol. The fourth-order valence-electron chi connectivity index (χ4n) is 1.73.